The van der Waals surface area contributed by atoms with E-state index in [0.29, 0.717) is 23.4 Å². The molecule has 0 unspecified atom stereocenters. The Morgan fingerprint density at radius 1 is 1.21 bits per heavy atom. The largest absolute Gasteiger partial charge is 0.325 e. The number of carbonyl (C=O) groups is 1. The van der Waals surface area contributed by atoms with Crippen molar-refractivity contribution in [3.05, 3.63) is 59.7 Å². The number of benzene rings is 2. The number of carbonyl (C=O) groups excluding carboxylic acids is 1. The number of anilines is 1. The van der Waals surface area contributed by atoms with Crippen molar-refractivity contribution in [1.82, 2.24) is 14.8 Å². The average Bonchev–Trinajstić information content (AvgIpc) is 3.11. The van der Waals surface area contributed by atoms with Gasteiger partial charge in [0.25, 0.3) is 0 Å². The third kappa shape index (κ3) is 5.24. The maximum Gasteiger partial charge on any atom is 0.225 e. The third-order valence-electron chi connectivity index (χ3n) is 4.32. The van der Waals surface area contributed by atoms with Gasteiger partial charge in [0, 0.05) is 24.3 Å². The predicted octanol–water partition coefficient (Wildman–Crippen LogP) is 4.66. The Labute approximate surface area is 175 Å². The van der Waals surface area contributed by atoms with E-state index in [9.17, 15) is 4.79 Å². The highest BCUT2D eigenvalue weighted by molar-refractivity contribution is 7.99. The molecule has 0 aliphatic carbocycles. The minimum absolute atomic E-state index is 0.124. The van der Waals surface area contributed by atoms with Gasteiger partial charge in [-0.15, -0.1) is 10.2 Å². The summed E-state index contributed by atoms with van der Waals surface area (Å²) in [5.74, 6) is 1.31. The van der Waals surface area contributed by atoms with Gasteiger partial charge >= 0.3 is 0 Å². The normalized spacial score (nSPS) is 10.5. The molecule has 0 saturated carbocycles. The Kier molecular flexibility index (Phi) is 7.04. The van der Waals surface area contributed by atoms with E-state index >= 15 is 0 Å². The molecule has 1 aromatic heterocycles. The van der Waals surface area contributed by atoms with Gasteiger partial charge in [-0.05, 0) is 31.5 Å². The molecule has 0 saturated heterocycles. The number of aromatic nitrogens is 3. The van der Waals surface area contributed by atoms with Gasteiger partial charge in [0.15, 0.2) is 11.0 Å². The third-order valence-corrected chi connectivity index (χ3v) is 5.29. The van der Waals surface area contributed by atoms with Crippen LogP contribution in [0.4, 0.5) is 5.69 Å². The summed E-state index contributed by atoms with van der Waals surface area (Å²) in [6.07, 6.45) is 1.29. The fourth-order valence-electron chi connectivity index (χ4n) is 2.96. The Balaban J connectivity index is 1.65. The van der Waals surface area contributed by atoms with Crippen LogP contribution in [0.3, 0.4) is 0 Å². The van der Waals surface area contributed by atoms with Gasteiger partial charge in [-0.25, -0.2) is 0 Å². The first-order valence-electron chi connectivity index (χ1n) is 9.54. The quantitative estimate of drug-likeness (QED) is 0.551. The van der Waals surface area contributed by atoms with E-state index in [1.165, 1.54) is 17.3 Å². The van der Waals surface area contributed by atoms with E-state index < -0.39 is 0 Å². The molecule has 6 nitrogen and oxygen atoms in total. The van der Waals surface area contributed by atoms with Gasteiger partial charge in [0.05, 0.1) is 11.3 Å². The van der Waals surface area contributed by atoms with Crippen molar-refractivity contribution >= 4 is 23.4 Å². The van der Waals surface area contributed by atoms with Crippen LogP contribution in [0.5, 0.6) is 0 Å². The van der Waals surface area contributed by atoms with Gasteiger partial charge in [-0.1, -0.05) is 54.6 Å². The number of nitrogens with one attached hydrogen (secondary N) is 1. The molecule has 7 heteroatoms. The lowest BCUT2D eigenvalue weighted by Crippen LogP contribution is -2.13. The van der Waals surface area contributed by atoms with Crippen LogP contribution < -0.4 is 5.32 Å². The molecule has 148 valence electrons. The summed E-state index contributed by atoms with van der Waals surface area (Å²) >= 11 is 1.52. The zero-order valence-corrected chi connectivity index (χ0v) is 17.4. The van der Waals surface area contributed by atoms with Gasteiger partial charge in [0.1, 0.15) is 6.07 Å². The molecule has 1 amide bonds. The fourth-order valence-corrected chi connectivity index (χ4v) is 3.86. The van der Waals surface area contributed by atoms with E-state index in [4.69, 9.17) is 5.26 Å². The number of hydrogen-bond donors (Lipinski definition) is 1. The van der Waals surface area contributed by atoms with E-state index in [1.807, 2.05) is 12.1 Å². The minimum atomic E-state index is -0.124. The van der Waals surface area contributed by atoms with Crippen molar-refractivity contribution in [2.75, 3.05) is 11.1 Å². The van der Waals surface area contributed by atoms with E-state index in [-0.39, 0.29) is 5.91 Å². The van der Waals surface area contributed by atoms with Crippen LogP contribution in [-0.4, -0.2) is 26.4 Å². The molecule has 3 rings (SSSR count). The van der Waals surface area contributed by atoms with Crippen molar-refractivity contribution in [3.63, 3.8) is 0 Å². The summed E-state index contributed by atoms with van der Waals surface area (Å²) in [5, 5.41) is 21.5. The van der Waals surface area contributed by atoms with Gasteiger partial charge in [-0.2, -0.15) is 5.26 Å². The number of para-hydroxylation sites is 1. The van der Waals surface area contributed by atoms with Crippen LogP contribution in [0.25, 0.3) is 11.4 Å². The number of aryl methyl sites for hydroxylation is 1. The standard InChI is InChI=1S/C22H23N5OS/c1-3-12-27-21(17-9-6-7-16(2)14-17)25-26-22(27)29-13-11-20(28)24-19-10-5-4-8-18(19)15-23/h4-10,14H,3,11-13H2,1-2H3,(H,24,28). The van der Waals surface area contributed by atoms with Crippen LogP contribution in [0.2, 0.25) is 0 Å². The summed E-state index contributed by atoms with van der Waals surface area (Å²) in [4.78, 5) is 12.3. The van der Waals surface area contributed by atoms with Crippen molar-refractivity contribution in [1.29, 1.82) is 5.26 Å². The summed E-state index contributed by atoms with van der Waals surface area (Å²) in [6, 6.07) is 17.3. The summed E-state index contributed by atoms with van der Waals surface area (Å²) in [6.45, 7) is 5.00. The lowest BCUT2D eigenvalue weighted by atomic mass is 10.1. The van der Waals surface area contributed by atoms with E-state index in [0.717, 1.165) is 29.5 Å². The van der Waals surface area contributed by atoms with Crippen LogP contribution in [-0.2, 0) is 11.3 Å². The van der Waals surface area contributed by atoms with Gasteiger partial charge in [-0.3, -0.25) is 4.79 Å². The maximum absolute atomic E-state index is 12.3. The first kappa shape index (κ1) is 20.6. The lowest BCUT2D eigenvalue weighted by molar-refractivity contribution is -0.115. The van der Waals surface area contributed by atoms with Crippen molar-refractivity contribution < 1.29 is 4.79 Å². The molecular weight excluding hydrogens is 382 g/mol. The molecule has 1 heterocycles. The van der Waals surface area contributed by atoms with Crippen LogP contribution in [0, 0.1) is 18.3 Å². The molecule has 0 atom stereocenters. The number of nitriles is 1. The Morgan fingerprint density at radius 2 is 2.03 bits per heavy atom. The Morgan fingerprint density at radius 3 is 2.79 bits per heavy atom. The summed E-state index contributed by atoms with van der Waals surface area (Å²) in [5.41, 5.74) is 3.22. The van der Waals surface area contributed by atoms with Crippen molar-refractivity contribution in [2.24, 2.45) is 0 Å². The van der Waals surface area contributed by atoms with Crippen molar-refractivity contribution in [3.8, 4) is 17.5 Å². The maximum atomic E-state index is 12.3. The van der Waals surface area contributed by atoms with Crippen LogP contribution >= 0.6 is 11.8 Å². The highest BCUT2D eigenvalue weighted by atomic mass is 32.2. The highest BCUT2D eigenvalue weighted by Crippen LogP contribution is 2.25. The summed E-state index contributed by atoms with van der Waals surface area (Å²) in [7, 11) is 0. The summed E-state index contributed by atoms with van der Waals surface area (Å²) < 4.78 is 2.11. The second kappa shape index (κ2) is 9.89. The molecule has 0 fully saturated rings. The number of amides is 1. The molecule has 0 bridgehead atoms. The Bertz CT molecular complexity index is 1040. The first-order chi connectivity index (χ1) is 14.1. The topological polar surface area (TPSA) is 83.6 Å². The fraction of sp³-hybridized carbons (Fsp3) is 0.273. The van der Waals surface area contributed by atoms with Crippen LogP contribution in [0.15, 0.2) is 53.7 Å². The highest BCUT2D eigenvalue weighted by Gasteiger charge is 2.15. The zero-order chi connectivity index (χ0) is 20.6. The van der Waals surface area contributed by atoms with Crippen LogP contribution in [0.1, 0.15) is 30.9 Å². The Hall–Kier alpha value is -3.11. The molecular formula is C22H23N5OS. The van der Waals surface area contributed by atoms with E-state index in [1.54, 1.807) is 24.3 Å². The molecule has 1 N–H and O–H groups in total. The molecule has 0 aliphatic rings. The number of hydrogen-bond acceptors (Lipinski definition) is 5. The van der Waals surface area contributed by atoms with E-state index in [2.05, 4.69) is 52.1 Å². The number of nitrogens with zero attached hydrogens (tertiary/aromatic N) is 4. The van der Waals surface area contributed by atoms with Gasteiger partial charge < -0.3 is 9.88 Å². The average molecular weight is 406 g/mol. The molecule has 29 heavy (non-hydrogen) atoms. The molecule has 3 aromatic rings. The second-order valence-corrected chi connectivity index (χ2v) is 7.69. The van der Waals surface area contributed by atoms with Crippen molar-refractivity contribution in [2.45, 2.75) is 38.4 Å². The SMILES string of the molecule is CCCn1c(SCCC(=O)Nc2ccccc2C#N)nnc1-c1cccc(C)c1. The molecule has 2 aromatic carbocycles. The smallest absolute Gasteiger partial charge is 0.225 e. The second-order valence-electron chi connectivity index (χ2n) is 6.63. The lowest BCUT2D eigenvalue weighted by Gasteiger charge is -2.10. The first-order valence-corrected chi connectivity index (χ1v) is 10.5. The molecule has 0 spiro atoms. The monoisotopic (exact) mass is 405 g/mol. The zero-order valence-electron chi connectivity index (χ0n) is 16.6. The number of thioether (sulfide) groups is 1. The van der Waals surface area contributed by atoms with Gasteiger partial charge in [0.2, 0.25) is 5.91 Å². The molecule has 0 radical (unpaired) electrons. The minimum Gasteiger partial charge on any atom is -0.325 e. The number of rotatable bonds is 8. The molecule has 0 aliphatic heterocycles. The predicted molar refractivity (Wildman–Crippen MR) is 116 cm³/mol.